The summed E-state index contributed by atoms with van der Waals surface area (Å²) in [5.41, 5.74) is -1.36. The standard InChI is InChI=1S/C9H7F3O3S/c1-5(13)6-2-7(9(10,11)12)4-8(3-6)16(14)15/h2-4H,1H3,(H,14,15). The van der Waals surface area contributed by atoms with Crippen LogP contribution in [0.1, 0.15) is 22.8 Å². The summed E-state index contributed by atoms with van der Waals surface area (Å²) in [6.45, 7) is 1.08. The quantitative estimate of drug-likeness (QED) is 0.649. The number of alkyl halides is 3. The van der Waals surface area contributed by atoms with E-state index in [4.69, 9.17) is 4.55 Å². The van der Waals surface area contributed by atoms with Crippen molar-refractivity contribution >= 4 is 16.9 Å². The van der Waals surface area contributed by atoms with Crippen LogP contribution in [-0.4, -0.2) is 14.5 Å². The normalized spacial score (nSPS) is 13.6. The van der Waals surface area contributed by atoms with Gasteiger partial charge >= 0.3 is 6.18 Å². The SMILES string of the molecule is CC(=O)c1cc(S(=O)O)cc(C(F)(F)F)c1. The van der Waals surface area contributed by atoms with E-state index in [-0.39, 0.29) is 5.56 Å². The molecule has 0 aliphatic heterocycles. The van der Waals surface area contributed by atoms with Gasteiger partial charge in [-0.25, -0.2) is 4.21 Å². The van der Waals surface area contributed by atoms with Crippen molar-refractivity contribution in [3.05, 3.63) is 29.3 Å². The summed E-state index contributed by atoms with van der Waals surface area (Å²) in [6, 6.07) is 2.16. The summed E-state index contributed by atoms with van der Waals surface area (Å²) in [5, 5.41) is 0. The highest BCUT2D eigenvalue weighted by molar-refractivity contribution is 7.79. The molecule has 0 heterocycles. The van der Waals surface area contributed by atoms with Crippen LogP contribution in [0.15, 0.2) is 23.1 Å². The summed E-state index contributed by atoms with van der Waals surface area (Å²) >= 11 is -2.55. The predicted molar refractivity (Wildman–Crippen MR) is 50.5 cm³/mol. The maximum absolute atomic E-state index is 12.4. The third-order valence-electron chi connectivity index (χ3n) is 1.84. The first-order valence-electron chi connectivity index (χ1n) is 4.06. The van der Waals surface area contributed by atoms with Gasteiger partial charge in [0, 0.05) is 5.56 Å². The summed E-state index contributed by atoms with van der Waals surface area (Å²) in [7, 11) is 0. The minimum absolute atomic E-state index is 0.243. The summed E-state index contributed by atoms with van der Waals surface area (Å²) in [5.74, 6) is -0.599. The van der Waals surface area contributed by atoms with Crippen molar-refractivity contribution in [1.29, 1.82) is 0 Å². The lowest BCUT2D eigenvalue weighted by Crippen LogP contribution is -2.08. The van der Waals surface area contributed by atoms with Gasteiger partial charge in [0.25, 0.3) is 0 Å². The van der Waals surface area contributed by atoms with Gasteiger partial charge in [-0.05, 0) is 25.1 Å². The molecular formula is C9H7F3O3S. The van der Waals surface area contributed by atoms with Crippen molar-refractivity contribution in [1.82, 2.24) is 0 Å². The first-order valence-corrected chi connectivity index (χ1v) is 5.16. The molecule has 1 aromatic carbocycles. The van der Waals surface area contributed by atoms with E-state index in [2.05, 4.69) is 0 Å². The van der Waals surface area contributed by atoms with Crippen molar-refractivity contribution in [2.24, 2.45) is 0 Å². The third-order valence-corrected chi connectivity index (χ3v) is 2.48. The Morgan fingerprint density at radius 3 is 2.25 bits per heavy atom. The number of rotatable bonds is 2. The van der Waals surface area contributed by atoms with E-state index in [0.29, 0.717) is 12.1 Å². The summed E-state index contributed by atoms with van der Waals surface area (Å²) < 4.78 is 56.5. The Labute approximate surface area is 91.6 Å². The molecule has 1 unspecified atom stereocenters. The van der Waals surface area contributed by atoms with Crippen LogP contribution in [0.2, 0.25) is 0 Å². The molecule has 7 heteroatoms. The number of halogens is 3. The second-order valence-electron chi connectivity index (χ2n) is 3.05. The van der Waals surface area contributed by atoms with Gasteiger partial charge in [0.1, 0.15) is 0 Å². The van der Waals surface area contributed by atoms with E-state index in [9.17, 15) is 22.2 Å². The van der Waals surface area contributed by atoms with Crippen molar-refractivity contribution < 1.29 is 26.7 Å². The molecular weight excluding hydrogens is 245 g/mol. The number of carbonyl (C=O) groups is 1. The largest absolute Gasteiger partial charge is 0.416 e. The molecule has 1 rings (SSSR count). The van der Waals surface area contributed by atoms with E-state index < -0.39 is 33.5 Å². The number of hydrogen-bond donors (Lipinski definition) is 1. The van der Waals surface area contributed by atoms with Crippen LogP contribution in [0.25, 0.3) is 0 Å². The Morgan fingerprint density at radius 2 is 1.88 bits per heavy atom. The average Bonchev–Trinajstić information content (AvgIpc) is 2.15. The molecule has 16 heavy (non-hydrogen) atoms. The molecule has 0 amide bonds. The Bertz CT molecular complexity index is 422. The topological polar surface area (TPSA) is 54.4 Å². The van der Waals surface area contributed by atoms with Gasteiger partial charge in [0.05, 0.1) is 10.5 Å². The molecule has 0 saturated carbocycles. The second-order valence-corrected chi connectivity index (χ2v) is 4.02. The molecule has 0 saturated heterocycles. The fourth-order valence-corrected chi connectivity index (χ4v) is 1.52. The average molecular weight is 252 g/mol. The smallest absolute Gasteiger partial charge is 0.302 e. The molecule has 1 atom stereocenters. The molecule has 0 aliphatic carbocycles. The maximum Gasteiger partial charge on any atom is 0.416 e. The Hall–Kier alpha value is -1.21. The monoisotopic (exact) mass is 252 g/mol. The van der Waals surface area contributed by atoms with Crippen molar-refractivity contribution in [3.63, 3.8) is 0 Å². The van der Waals surface area contributed by atoms with Crippen LogP contribution in [0.5, 0.6) is 0 Å². The van der Waals surface area contributed by atoms with Gasteiger partial charge in [0.2, 0.25) is 0 Å². The van der Waals surface area contributed by atoms with Crippen LogP contribution in [0.3, 0.4) is 0 Å². The number of benzene rings is 1. The predicted octanol–water partition coefficient (Wildman–Crippen LogP) is 2.49. The lowest BCUT2D eigenvalue weighted by Gasteiger charge is -2.09. The molecule has 3 nitrogen and oxygen atoms in total. The summed E-state index contributed by atoms with van der Waals surface area (Å²) in [6.07, 6.45) is -4.65. The van der Waals surface area contributed by atoms with Crippen molar-refractivity contribution in [3.8, 4) is 0 Å². The van der Waals surface area contributed by atoms with Crippen LogP contribution in [0.4, 0.5) is 13.2 Å². The molecule has 1 N–H and O–H groups in total. The van der Waals surface area contributed by atoms with Crippen molar-refractivity contribution in [2.75, 3.05) is 0 Å². The highest BCUT2D eigenvalue weighted by atomic mass is 32.2. The first-order chi connectivity index (χ1) is 7.21. The maximum atomic E-state index is 12.4. The number of ketones is 1. The fraction of sp³-hybridized carbons (Fsp3) is 0.222. The Balaban J connectivity index is 3.42. The van der Waals surface area contributed by atoms with E-state index >= 15 is 0 Å². The molecule has 88 valence electrons. The highest BCUT2D eigenvalue weighted by Crippen LogP contribution is 2.31. The minimum Gasteiger partial charge on any atom is -0.302 e. The van der Waals surface area contributed by atoms with Gasteiger partial charge in [-0.1, -0.05) is 0 Å². The van der Waals surface area contributed by atoms with Crippen LogP contribution >= 0.6 is 0 Å². The van der Waals surface area contributed by atoms with Gasteiger partial charge < -0.3 is 4.55 Å². The minimum atomic E-state index is -4.65. The van der Waals surface area contributed by atoms with Crippen LogP contribution in [0, 0.1) is 0 Å². The van der Waals surface area contributed by atoms with E-state index in [1.807, 2.05) is 0 Å². The number of hydrogen-bond acceptors (Lipinski definition) is 2. The zero-order chi connectivity index (χ0) is 12.5. The lowest BCUT2D eigenvalue weighted by molar-refractivity contribution is -0.137. The van der Waals surface area contributed by atoms with Gasteiger partial charge in [0.15, 0.2) is 16.9 Å². The second kappa shape index (κ2) is 4.34. The molecule has 1 aromatic rings. The third kappa shape index (κ3) is 2.89. The molecule has 0 spiro atoms. The Morgan fingerprint density at radius 1 is 1.31 bits per heavy atom. The van der Waals surface area contributed by atoms with Crippen molar-refractivity contribution in [2.45, 2.75) is 18.0 Å². The molecule has 0 fully saturated rings. The highest BCUT2D eigenvalue weighted by Gasteiger charge is 2.32. The van der Waals surface area contributed by atoms with E-state index in [0.717, 1.165) is 13.0 Å². The van der Waals surface area contributed by atoms with E-state index in [1.165, 1.54) is 0 Å². The molecule has 0 aliphatic rings. The van der Waals surface area contributed by atoms with Crippen LogP contribution < -0.4 is 0 Å². The Kier molecular flexibility index (Phi) is 3.49. The lowest BCUT2D eigenvalue weighted by atomic mass is 10.1. The zero-order valence-electron chi connectivity index (χ0n) is 8.04. The fourth-order valence-electron chi connectivity index (χ4n) is 1.07. The van der Waals surface area contributed by atoms with E-state index in [1.54, 1.807) is 0 Å². The molecule has 0 aromatic heterocycles. The molecule has 0 bridgehead atoms. The number of Topliss-reactive ketones (excluding diaryl/α,β-unsaturated/α-hetero) is 1. The van der Waals surface area contributed by atoms with Gasteiger partial charge in [-0.3, -0.25) is 4.79 Å². The van der Waals surface area contributed by atoms with Gasteiger partial charge in [-0.15, -0.1) is 0 Å². The number of carbonyl (C=O) groups excluding carboxylic acids is 1. The first kappa shape index (κ1) is 12.9. The van der Waals surface area contributed by atoms with Crippen LogP contribution in [-0.2, 0) is 17.3 Å². The summed E-state index contributed by atoms with van der Waals surface area (Å²) in [4.78, 5) is 10.5. The zero-order valence-corrected chi connectivity index (χ0v) is 8.85. The van der Waals surface area contributed by atoms with Gasteiger partial charge in [-0.2, -0.15) is 13.2 Å². The molecule has 0 radical (unpaired) electrons.